The Balaban J connectivity index is 1.52. The van der Waals surface area contributed by atoms with Crippen LogP contribution in [0.2, 0.25) is 0 Å². The summed E-state index contributed by atoms with van der Waals surface area (Å²) in [7, 11) is 1.99. The number of hydrogen-bond donors (Lipinski definition) is 1. The van der Waals surface area contributed by atoms with Crippen LogP contribution in [-0.4, -0.2) is 36.8 Å². The first-order valence-electron chi connectivity index (χ1n) is 8.76. The summed E-state index contributed by atoms with van der Waals surface area (Å²) in [6, 6.07) is 14.3. The lowest BCUT2D eigenvalue weighted by molar-refractivity contribution is 0.869. The summed E-state index contributed by atoms with van der Waals surface area (Å²) in [4.78, 5) is 15.7. The first-order valence-corrected chi connectivity index (χ1v) is 9.56. The number of aromatic amines is 1. The maximum Gasteiger partial charge on any atom is 0.227 e. The molecule has 5 aromatic rings. The molecule has 0 bridgehead atoms. The van der Waals surface area contributed by atoms with E-state index in [4.69, 9.17) is 4.98 Å². The average molecular weight is 434 g/mol. The van der Waals surface area contributed by atoms with Crippen molar-refractivity contribution >= 4 is 43.9 Å². The Morgan fingerprint density at radius 2 is 2.04 bits per heavy atom. The summed E-state index contributed by atoms with van der Waals surface area (Å²) in [6.45, 7) is 0.708. The monoisotopic (exact) mass is 433 g/mol. The van der Waals surface area contributed by atoms with Crippen molar-refractivity contribution in [1.29, 1.82) is 0 Å². The summed E-state index contributed by atoms with van der Waals surface area (Å²) in [6.07, 6.45) is 5.34. The molecule has 0 aliphatic carbocycles. The van der Waals surface area contributed by atoms with Crippen LogP contribution < -0.4 is 4.90 Å². The highest BCUT2D eigenvalue weighted by Gasteiger charge is 2.12. The van der Waals surface area contributed by atoms with E-state index in [1.807, 2.05) is 53.0 Å². The van der Waals surface area contributed by atoms with Gasteiger partial charge in [-0.3, -0.25) is 9.67 Å². The fourth-order valence-electron chi connectivity index (χ4n) is 3.23. The van der Waals surface area contributed by atoms with Crippen LogP contribution in [0.15, 0.2) is 65.7 Å². The second kappa shape index (κ2) is 6.72. The maximum atomic E-state index is 4.78. The molecule has 8 heteroatoms. The highest BCUT2D eigenvalue weighted by Crippen LogP contribution is 2.22. The molecule has 2 aromatic carbocycles. The van der Waals surface area contributed by atoms with Gasteiger partial charge in [0.1, 0.15) is 11.8 Å². The second-order valence-corrected chi connectivity index (χ2v) is 7.54. The Morgan fingerprint density at radius 1 is 1.11 bits per heavy atom. The fourth-order valence-corrected chi connectivity index (χ4v) is 3.67. The minimum absolute atomic E-state index is 0.650. The number of benzene rings is 2. The molecule has 0 fully saturated rings. The fraction of sp³-hybridized carbons (Fsp3) is 0.100. The molecule has 0 aliphatic heterocycles. The smallest absolute Gasteiger partial charge is 0.227 e. The number of imidazole rings is 1. The summed E-state index contributed by atoms with van der Waals surface area (Å²) in [5, 5.41) is 8.15. The molecule has 7 nitrogen and oxygen atoms in total. The molecule has 5 rings (SSSR count). The van der Waals surface area contributed by atoms with E-state index in [0.29, 0.717) is 12.5 Å². The molecule has 3 aromatic heterocycles. The van der Waals surface area contributed by atoms with E-state index in [9.17, 15) is 0 Å². The van der Waals surface area contributed by atoms with E-state index in [0.717, 1.165) is 32.2 Å². The van der Waals surface area contributed by atoms with Gasteiger partial charge in [0.2, 0.25) is 5.95 Å². The Labute approximate surface area is 169 Å². The van der Waals surface area contributed by atoms with Gasteiger partial charge in [-0.2, -0.15) is 10.1 Å². The van der Waals surface area contributed by atoms with Gasteiger partial charge < -0.3 is 4.90 Å². The van der Waals surface area contributed by atoms with Gasteiger partial charge in [0.25, 0.3) is 0 Å². The molecule has 0 unspecified atom stereocenters. The van der Waals surface area contributed by atoms with Crippen LogP contribution >= 0.6 is 15.9 Å². The van der Waals surface area contributed by atoms with Gasteiger partial charge in [0, 0.05) is 23.5 Å². The Kier molecular flexibility index (Phi) is 4.05. The van der Waals surface area contributed by atoms with Crippen LogP contribution in [0.25, 0.3) is 27.8 Å². The van der Waals surface area contributed by atoms with Gasteiger partial charge in [0.15, 0.2) is 5.65 Å². The quantitative estimate of drug-likeness (QED) is 0.461. The normalized spacial score (nSPS) is 11.4. The van der Waals surface area contributed by atoms with Crippen molar-refractivity contribution in [2.45, 2.75) is 6.54 Å². The highest BCUT2D eigenvalue weighted by molar-refractivity contribution is 9.10. The zero-order chi connectivity index (χ0) is 19.1. The van der Waals surface area contributed by atoms with Crippen molar-refractivity contribution in [2.75, 3.05) is 11.9 Å². The molecule has 0 saturated carbocycles. The van der Waals surface area contributed by atoms with Crippen LogP contribution in [0.4, 0.5) is 5.95 Å². The van der Waals surface area contributed by atoms with Crippen molar-refractivity contribution in [1.82, 2.24) is 29.7 Å². The number of rotatable bonds is 4. The number of nitrogens with zero attached hydrogens (tertiary/aromatic N) is 6. The Morgan fingerprint density at radius 3 is 2.93 bits per heavy atom. The molecule has 0 radical (unpaired) electrons. The van der Waals surface area contributed by atoms with E-state index in [1.54, 1.807) is 12.5 Å². The van der Waals surface area contributed by atoms with Crippen molar-refractivity contribution < 1.29 is 0 Å². The lowest BCUT2D eigenvalue weighted by atomic mass is 10.2. The number of halogens is 1. The van der Waals surface area contributed by atoms with Crippen molar-refractivity contribution in [3.8, 4) is 5.69 Å². The van der Waals surface area contributed by atoms with E-state index in [-0.39, 0.29) is 0 Å². The number of aromatic nitrogens is 6. The molecular weight excluding hydrogens is 418 g/mol. The van der Waals surface area contributed by atoms with Crippen LogP contribution in [-0.2, 0) is 6.54 Å². The molecule has 0 amide bonds. The summed E-state index contributed by atoms with van der Waals surface area (Å²) >= 11 is 3.52. The summed E-state index contributed by atoms with van der Waals surface area (Å²) < 4.78 is 3.02. The SMILES string of the molecule is CN(Cc1cccc(Br)c1)c1ncc2ncn(-c3ccc4cn[nH]c4c3)c2n1. The van der Waals surface area contributed by atoms with Gasteiger partial charge in [-0.25, -0.2) is 9.97 Å². The lowest BCUT2D eigenvalue weighted by Crippen LogP contribution is -2.19. The lowest BCUT2D eigenvalue weighted by Gasteiger charge is -2.17. The van der Waals surface area contributed by atoms with Crippen molar-refractivity contribution in [3.63, 3.8) is 0 Å². The number of nitrogens with one attached hydrogen (secondary N) is 1. The molecule has 28 heavy (non-hydrogen) atoms. The molecule has 0 saturated heterocycles. The predicted molar refractivity (Wildman–Crippen MR) is 113 cm³/mol. The third-order valence-electron chi connectivity index (χ3n) is 4.63. The second-order valence-electron chi connectivity index (χ2n) is 6.62. The Hall–Kier alpha value is -3.26. The predicted octanol–water partition coefficient (Wildman–Crippen LogP) is 4.09. The van der Waals surface area contributed by atoms with Gasteiger partial charge in [-0.05, 0) is 35.9 Å². The third-order valence-corrected chi connectivity index (χ3v) is 5.12. The number of H-pyrrole nitrogens is 1. The van der Waals surface area contributed by atoms with Crippen LogP contribution in [0.3, 0.4) is 0 Å². The first kappa shape index (κ1) is 16.9. The molecule has 138 valence electrons. The first-order chi connectivity index (χ1) is 13.7. The van der Waals surface area contributed by atoms with Gasteiger partial charge in [-0.1, -0.05) is 28.1 Å². The van der Waals surface area contributed by atoms with Crippen LogP contribution in [0, 0.1) is 0 Å². The molecule has 0 spiro atoms. The molecule has 0 aliphatic rings. The standard InChI is InChI=1S/C20H16BrN7/c1-27(11-13-3-2-4-15(21)7-13)20-22-10-18-19(25-20)28(12-23-18)16-6-5-14-9-24-26-17(14)8-16/h2-10,12H,11H2,1H3,(H,24,26). The number of anilines is 1. The van der Waals surface area contributed by atoms with Gasteiger partial charge in [-0.15, -0.1) is 0 Å². The zero-order valence-electron chi connectivity index (χ0n) is 15.0. The van der Waals surface area contributed by atoms with Gasteiger partial charge in [0.05, 0.1) is 23.6 Å². The number of hydrogen-bond acceptors (Lipinski definition) is 5. The molecule has 3 heterocycles. The molecular formula is C20H16BrN7. The maximum absolute atomic E-state index is 4.78. The summed E-state index contributed by atoms with van der Waals surface area (Å²) in [5.74, 6) is 0.650. The third kappa shape index (κ3) is 3.01. The van der Waals surface area contributed by atoms with E-state index in [2.05, 4.69) is 48.2 Å². The largest absolute Gasteiger partial charge is 0.339 e. The van der Waals surface area contributed by atoms with E-state index >= 15 is 0 Å². The van der Waals surface area contributed by atoms with Crippen molar-refractivity contribution in [3.05, 3.63) is 71.2 Å². The minimum Gasteiger partial charge on any atom is -0.339 e. The van der Waals surface area contributed by atoms with Crippen LogP contribution in [0.5, 0.6) is 0 Å². The Bertz CT molecular complexity index is 1290. The summed E-state index contributed by atoms with van der Waals surface area (Å²) in [5.41, 5.74) is 4.65. The number of fused-ring (bicyclic) bond motifs is 2. The topological polar surface area (TPSA) is 75.5 Å². The molecule has 1 N–H and O–H groups in total. The minimum atomic E-state index is 0.650. The van der Waals surface area contributed by atoms with Crippen molar-refractivity contribution in [2.24, 2.45) is 0 Å². The van der Waals surface area contributed by atoms with Gasteiger partial charge >= 0.3 is 0 Å². The zero-order valence-corrected chi connectivity index (χ0v) is 16.6. The van der Waals surface area contributed by atoms with E-state index < -0.39 is 0 Å². The molecule has 0 atom stereocenters. The van der Waals surface area contributed by atoms with E-state index in [1.165, 1.54) is 5.56 Å². The van der Waals surface area contributed by atoms with Crippen LogP contribution in [0.1, 0.15) is 5.56 Å². The highest BCUT2D eigenvalue weighted by atomic mass is 79.9. The average Bonchev–Trinajstić information content (AvgIpc) is 3.33.